The van der Waals surface area contributed by atoms with Crippen LogP contribution in [-0.2, 0) is 9.53 Å². The van der Waals surface area contributed by atoms with Gasteiger partial charge >= 0.3 is 0 Å². The Balaban J connectivity index is 1.55. The summed E-state index contributed by atoms with van der Waals surface area (Å²) in [5, 5.41) is 2.77. The Morgan fingerprint density at radius 3 is 2.62 bits per heavy atom. The molecular formula is C18H21N3O3. The molecule has 126 valence electrons. The zero-order chi connectivity index (χ0) is 16.8. The van der Waals surface area contributed by atoms with Crippen LogP contribution in [-0.4, -0.2) is 43.3 Å². The number of nitrogens with one attached hydrogen (secondary N) is 1. The van der Waals surface area contributed by atoms with Gasteiger partial charge in [0, 0.05) is 13.1 Å². The normalized spacial score (nSPS) is 15.6. The molecule has 2 aromatic rings. The van der Waals surface area contributed by atoms with Crippen molar-refractivity contribution >= 4 is 17.4 Å². The minimum absolute atomic E-state index is 0.231. The molecule has 1 fully saturated rings. The van der Waals surface area contributed by atoms with Crippen LogP contribution in [0.2, 0.25) is 0 Å². The standard InChI is InChI=1S/C18H21N3O3/c1-14(24-16-5-3-2-4-6-16)18(22)20-17-8-7-15(13-19-17)21-9-11-23-12-10-21/h2-8,13-14H,9-12H2,1H3,(H,19,20,22)/t14-/m1/s1. The van der Waals surface area contributed by atoms with Gasteiger partial charge in [0.25, 0.3) is 5.91 Å². The van der Waals surface area contributed by atoms with Crippen LogP contribution in [0.1, 0.15) is 6.92 Å². The molecule has 0 saturated carbocycles. The topological polar surface area (TPSA) is 63.7 Å². The highest BCUT2D eigenvalue weighted by Gasteiger charge is 2.16. The number of carbonyl (C=O) groups is 1. The third-order valence-electron chi connectivity index (χ3n) is 3.80. The van der Waals surface area contributed by atoms with Gasteiger partial charge < -0.3 is 19.7 Å². The number of rotatable bonds is 5. The molecule has 1 aliphatic rings. The lowest BCUT2D eigenvalue weighted by molar-refractivity contribution is -0.122. The molecule has 0 unspecified atom stereocenters. The van der Waals surface area contributed by atoms with Crippen molar-refractivity contribution in [2.45, 2.75) is 13.0 Å². The Morgan fingerprint density at radius 2 is 1.96 bits per heavy atom. The minimum atomic E-state index is -0.604. The Hall–Kier alpha value is -2.60. The molecule has 3 rings (SSSR count). The number of para-hydroxylation sites is 1. The first kappa shape index (κ1) is 16.3. The fraction of sp³-hybridized carbons (Fsp3) is 0.333. The molecule has 0 spiro atoms. The number of morpholine rings is 1. The van der Waals surface area contributed by atoms with Crippen LogP contribution < -0.4 is 15.0 Å². The summed E-state index contributed by atoms with van der Waals surface area (Å²) in [7, 11) is 0. The zero-order valence-electron chi connectivity index (χ0n) is 13.6. The number of ether oxygens (including phenoxy) is 2. The Morgan fingerprint density at radius 1 is 1.21 bits per heavy atom. The van der Waals surface area contributed by atoms with E-state index in [2.05, 4.69) is 15.2 Å². The third kappa shape index (κ3) is 4.23. The van der Waals surface area contributed by atoms with Gasteiger partial charge in [0.1, 0.15) is 11.6 Å². The SMILES string of the molecule is C[C@@H](Oc1ccccc1)C(=O)Nc1ccc(N2CCOCC2)cn1. The number of anilines is 2. The van der Waals surface area contributed by atoms with Crippen molar-refractivity contribution in [1.82, 2.24) is 4.98 Å². The number of pyridine rings is 1. The number of aromatic nitrogens is 1. The highest BCUT2D eigenvalue weighted by molar-refractivity contribution is 5.93. The summed E-state index contributed by atoms with van der Waals surface area (Å²) in [4.78, 5) is 18.7. The molecular weight excluding hydrogens is 306 g/mol. The first-order valence-electron chi connectivity index (χ1n) is 8.04. The van der Waals surface area contributed by atoms with E-state index in [9.17, 15) is 4.79 Å². The molecule has 0 radical (unpaired) electrons. The third-order valence-corrected chi connectivity index (χ3v) is 3.80. The molecule has 1 aromatic carbocycles. The van der Waals surface area contributed by atoms with Crippen molar-refractivity contribution in [3.05, 3.63) is 48.7 Å². The molecule has 1 amide bonds. The highest BCUT2D eigenvalue weighted by Crippen LogP contribution is 2.17. The average Bonchev–Trinajstić information content (AvgIpc) is 2.64. The number of nitrogens with zero attached hydrogens (tertiary/aromatic N) is 2. The Labute approximate surface area is 141 Å². The van der Waals surface area contributed by atoms with E-state index in [1.807, 2.05) is 36.4 Å². The van der Waals surface area contributed by atoms with Gasteiger partial charge in [0.15, 0.2) is 6.10 Å². The van der Waals surface area contributed by atoms with Crippen molar-refractivity contribution in [2.75, 3.05) is 36.5 Å². The maximum Gasteiger partial charge on any atom is 0.266 e. The second-order valence-corrected chi connectivity index (χ2v) is 5.56. The number of hydrogen-bond donors (Lipinski definition) is 1. The van der Waals surface area contributed by atoms with Gasteiger partial charge in [-0.1, -0.05) is 18.2 Å². The molecule has 1 saturated heterocycles. The second kappa shape index (κ2) is 7.79. The fourth-order valence-electron chi connectivity index (χ4n) is 2.45. The van der Waals surface area contributed by atoms with Gasteiger partial charge in [-0.15, -0.1) is 0 Å². The smallest absolute Gasteiger partial charge is 0.266 e. The van der Waals surface area contributed by atoms with Crippen LogP contribution >= 0.6 is 0 Å². The highest BCUT2D eigenvalue weighted by atomic mass is 16.5. The Kier molecular flexibility index (Phi) is 5.28. The van der Waals surface area contributed by atoms with Gasteiger partial charge in [0.2, 0.25) is 0 Å². The summed E-state index contributed by atoms with van der Waals surface area (Å²) >= 11 is 0. The number of amides is 1. The van der Waals surface area contributed by atoms with Gasteiger partial charge in [-0.3, -0.25) is 4.79 Å². The van der Waals surface area contributed by atoms with E-state index in [0.717, 1.165) is 32.0 Å². The molecule has 2 heterocycles. The van der Waals surface area contributed by atoms with E-state index in [1.165, 1.54) is 0 Å². The van der Waals surface area contributed by atoms with Gasteiger partial charge in [0.05, 0.1) is 25.1 Å². The molecule has 6 heteroatoms. The van der Waals surface area contributed by atoms with E-state index >= 15 is 0 Å². The Bertz CT molecular complexity index is 655. The van der Waals surface area contributed by atoms with Crippen molar-refractivity contribution < 1.29 is 14.3 Å². The van der Waals surface area contributed by atoms with Gasteiger partial charge in [-0.05, 0) is 31.2 Å². The maximum atomic E-state index is 12.2. The molecule has 6 nitrogen and oxygen atoms in total. The molecule has 1 N–H and O–H groups in total. The number of hydrogen-bond acceptors (Lipinski definition) is 5. The minimum Gasteiger partial charge on any atom is -0.481 e. The van der Waals surface area contributed by atoms with Crippen LogP contribution in [0, 0.1) is 0 Å². The quantitative estimate of drug-likeness (QED) is 0.913. The summed E-state index contributed by atoms with van der Waals surface area (Å²) < 4.78 is 10.9. The fourth-order valence-corrected chi connectivity index (χ4v) is 2.45. The lowest BCUT2D eigenvalue weighted by Crippen LogP contribution is -2.36. The predicted molar refractivity (Wildman–Crippen MR) is 92.4 cm³/mol. The molecule has 0 aliphatic carbocycles. The van der Waals surface area contributed by atoms with Crippen molar-refractivity contribution in [3.63, 3.8) is 0 Å². The van der Waals surface area contributed by atoms with Crippen molar-refractivity contribution in [2.24, 2.45) is 0 Å². The molecule has 0 bridgehead atoms. The average molecular weight is 327 g/mol. The monoisotopic (exact) mass is 327 g/mol. The summed E-state index contributed by atoms with van der Waals surface area (Å²) in [5.74, 6) is 0.946. The van der Waals surface area contributed by atoms with Crippen LogP contribution in [0.25, 0.3) is 0 Å². The molecule has 1 aliphatic heterocycles. The summed E-state index contributed by atoms with van der Waals surface area (Å²) in [5.41, 5.74) is 1.03. The first-order valence-corrected chi connectivity index (χ1v) is 8.04. The largest absolute Gasteiger partial charge is 0.481 e. The van der Waals surface area contributed by atoms with E-state index in [4.69, 9.17) is 9.47 Å². The van der Waals surface area contributed by atoms with Crippen LogP contribution in [0.15, 0.2) is 48.7 Å². The summed E-state index contributed by atoms with van der Waals surface area (Å²) in [6.45, 7) is 4.88. The first-order chi connectivity index (χ1) is 11.7. The van der Waals surface area contributed by atoms with Crippen molar-refractivity contribution in [3.8, 4) is 5.75 Å². The van der Waals surface area contributed by atoms with Crippen LogP contribution in [0.4, 0.5) is 11.5 Å². The van der Waals surface area contributed by atoms with Gasteiger partial charge in [-0.25, -0.2) is 4.98 Å². The number of benzene rings is 1. The van der Waals surface area contributed by atoms with E-state index < -0.39 is 6.10 Å². The predicted octanol–water partition coefficient (Wildman–Crippen LogP) is 2.32. The van der Waals surface area contributed by atoms with Crippen LogP contribution in [0.3, 0.4) is 0 Å². The zero-order valence-corrected chi connectivity index (χ0v) is 13.6. The van der Waals surface area contributed by atoms with E-state index in [-0.39, 0.29) is 5.91 Å². The van der Waals surface area contributed by atoms with Crippen LogP contribution in [0.5, 0.6) is 5.75 Å². The van der Waals surface area contributed by atoms with E-state index in [0.29, 0.717) is 11.6 Å². The summed E-state index contributed by atoms with van der Waals surface area (Å²) in [6, 6.07) is 13.0. The van der Waals surface area contributed by atoms with Crippen molar-refractivity contribution in [1.29, 1.82) is 0 Å². The second-order valence-electron chi connectivity index (χ2n) is 5.56. The maximum absolute atomic E-state index is 12.2. The lowest BCUT2D eigenvalue weighted by Gasteiger charge is -2.28. The summed E-state index contributed by atoms with van der Waals surface area (Å²) in [6.07, 6.45) is 1.16. The molecule has 1 atom stereocenters. The van der Waals surface area contributed by atoms with Gasteiger partial charge in [-0.2, -0.15) is 0 Å². The van der Waals surface area contributed by atoms with E-state index in [1.54, 1.807) is 19.2 Å². The molecule has 1 aromatic heterocycles. The number of carbonyl (C=O) groups excluding carboxylic acids is 1. The molecule has 24 heavy (non-hydrogen) atoms. The lowest BCUT2D eigenvalue weighted by atomic mass is 10.3.